The van der Waals surface area contributed by atoms with E-state index in [1.807, 2.05) is 29.0 Å². The van der Waals surface area contributed by atoms with Crippen LogP contribution in [0.2, 0.25) is 0 Å². The van der Waals surface area contributed by atoms with E-state index >= 15 is 0 Å². The van der Waals surface area contributed by atoms with Crippen molar-refractivity contribution in [1.82, 2.24) is 9.55 Å². The summed E-state index contributed by atoms with van der Waals surface area (Å²) < 4.78 is 1.84. The molecule has 0 bridgehead atoms. The molecule has 1 aromatic carbocycles. The van der Waals surface area contributed by atoms with E-state index in [0.29, 0.717) is 13.0 Å². The topological polar surface area (TPSA) is 67.1 Å². The molecule has 5 heteroatoms. The molecular weight excluding hydrogens is 242 g/mol. The smallest absolute Gasteiger partial charge is 0.224 e. The molecule has 1 aliphatic rings. The quantitative estimate of drug-likeness (QED) is 0.875. The third-order valence-corrected chi connectivity index (χ3v) is 3.35. The number of hydrogen-bond donors (Lipinski definition) is 2. The molecule has 0 saturated heterocycles. The van der Waals surface area contributed by atoms with Crippen LogP contribution >= 0.6 is 0 Å². The molecule has 5 nitrogen and oxygen atoms in total. The Morgan fingerprint density at radius 2 is 2.32 bits per heavy atom. The Morgan fingerprint density at radius 1 is 1.42 bits per heavy atom. The molecule has 3 rings (SSSR count). The molecule has 98 valence electrons. The van der Waals surface area contributed by atoms with Gasteiger partial charge in [-0.3, -0.25) is 4.79 Å². The Labute approximate surface area is 110 Å². The number of imidazole rings is 1. The maximum atomic E-state index is 11.3. The maximum Gasteiger partial charge on any atom is 0.224 e. The van der Waals surface area contributed by atoms with E-state index in [1.54, 1.807) is 12.5 Å². The summed E-state index contributed by atoms with van der Waals surface area (Å²) >= 11 is 0. The molecule has 1 unspecified atom stereocenters. The number of aryl methyl sites for hydroxylation is 1. The van der Waals surface area contributed by atoms with E-state index in [1.165, 1.54) is 0 Å². The summed E-state index contributed by atoms with van der Waals surface area (Å²) in [6.45, 7) is 0.477. The fourth-order valence-electron chi connectivity index (χ4n) is 2.31. The minimum Gasteiger partial charge on any atom is -0.387 e. The number of carbonyl (C=O) groups is 1. The van der Waals surface area contributed by atoms with Crippen molar-refractivity contribution in [2.75, 3.05) is 5.32 Å². The zero-order valence-corrected chi connectivity index (χ0v) is 10.4. The van der Waals surface area contributed by atoms with Crippen molar-refractivity contribution in [2.45, 2.75) is 25.5 Å². The van der Waals surface area contributed by atoms with Crippen LogP contribution in [0.5, 0.6) is 0 Å². The summed E-state index contributed by atoms with van der Waals surface area (Å²) in [5, 5.41) is 13.0. The average Bonchev–Trinajstić information content (AvgIpc) is 2.91. The van der Waals surface area contributed by atoms with Crippen molar-refractivity contribution in [3.8, 4) is 0 Å². The highest BCUT2D eigenvalue weighted by atomic mass is 16.3. The van der Waals surface area contributed by atoms with Crippen molar-refractivity contribution < 1.29 is 9.90 Å². The molecular formula is C14H15N3O2. The van der Waals surface area contributed by atoms with Gasteiger partial charge in [-0.2, -0.15) is 0 Å². The van der Waals surface area contributed by atoms with Gasteiger partial charge in [-0.05, 0) is 23.6 Å². The van der Waals surface area contributed by atoms with Crippen LogP contribution in [0.25, 0.3) is 0 Å². The van der Waals surface area contributed by atoms with Crippen LogP contribution in [-0.2, 0) is 17.8 Å². The van der Waals surface area contributed by atoms with Gasteiger partial charge in [-0.15, -0.1) is 0 Å². The number of rotatable bonds is 3. The van der Waals surface area contributed by atoms with Crippen LogP contribution in [0.1, 0.15) is 23.7 Å². The maximum absolute atomic E-state index is 11.3. The molecule has 0 radical (unpaired) electrons. The highest BCUT2D eigenvalue weighted by Crippen LogP contribution is 2.26. The molecule has 0 fully saturated rings. The lowest BCUT2D eigenvalue weighted by Crippen LogP contribution is -2.19. The number of aliphatic hydroxyl groups excluding tert-OH is 1. The molecule has 2 heterocycles. The Balaban J connectivity index is 1.80. The molecule has 1 aliphatic heterocycles. The number of fused-ring (bicyclic) bond motifs is 1. The van der Waals surface area contributed by atoms with E-state index < -0.39 is 6.10 Å². The second kappa shape index (κ2) is 4.85. The zero-order valence-electron chi connectivity index (χ0n) is 10.4. The van der Waals surface area contributed by atoms with Gasteiger partial charge < -0.3 is 15.0 Å². The van der Waals surface area contributed by atoms with Gasteiger partial charge in [0.2, 0.25) is 5.91 Å². The first-order chi connectivity index (χ1) is 9.22. The van der Waals surface area contributed by atoms with Gasteiger partial charge in [0.05, 0.1) is 19.0 Å². The number of nitrogens with one attached hydrogen (secondary N) is 1. The van der Waals surface area contributed by atoms with Crippen LogP contribution in [0.15, 0.2) is 36.9 Å². The summed E-state index contributed by atoms with van der Waals surface area (Å²) in [5.41, 5.74) is 2.81. The molecule has 0 aliphatic carbocycles. The Bertz CT molecular complexity index is 593. The monoisotopic (exact) mass is 257 g/mol. The van der Waals surface area contributed by atoms with Crippen molar-refractivity contribution in [2.24, 2.45) is 0 Å². The Kier molecular flexibility index (Phi) is 3.05. The summed E-state index contributed by atoms with van der Waals surface area (Å²) in [7, 11) is 0. The fraction of sp³-hybridized carbons (Fsp3) is 0.286. The predicted molar refractivity (Wildman–Crippen MR) is 70.6 cm³/mol. The number of anilines is 1. The third kappa shape index (κ3) is 2.51. The van der Waals surface area contributed by atoms with Gasteiger partial charge in [0.15, 0.2) is 0 Å². The van der Waals surface area contributed by atoms with Crippen LogP contribution in [0.3, 0.4) is 0 Å². The molecule has 2 aromatic rings. The molecule has 1 aromatic heterocycles. The van der Waals surface area contributed by atoms with Gasteiger partial charge in [-0.25, -0.2) is 4.98 Å². The molecule has 1 amide bonds. The fourth-order valence-corrected chi connectivity index (χ4v) is 2.31. The highest BCUT2D eigenvalue weighted by molar-refractivity contribution is 5.93. The number of hydrogen-bond acceptors (Lipinski definition) is 3. The van der Waals surface area contributed by atoms with Crippen molar-refractivity contribution in [1.29, 1.82) is 0 Å². The van der Waals surface area contributed by atoms with Gasteiger partial charge in [0, 0.05) is 24.5 Å². The van der Waals surface area contributed by atoms with E-state index in [2.05, 4.69) is 10.3 Å². The molecule has 2 N–H and O–H groups in total. The number of amides is 1. The number of aromatic nitrogens is 2. The van der Waals surface area contributed by atoms with Crippen LogP contribution in [-0.4, -0.2) is 20.6 Å². The number of aliphatic hydroxyl groups is 1. The number of benzene rings is 1. The first kappa shape index (κ1) is 11.9. The second-order valence-electron chi connectivity index (χ2n) is 4.74. The molecule has 19 heavy (non-hydrogen) atoms. The normalized spacial score (nSPS) is 15.7. The number of nitrogens with zero attached hydrogens (tertiary/aromatic N) is 2. The average molecular weight is 257 g/mol. The lowest BCUT2D eigenvalue weighted by atomic mass is 9.98. The lowest BCUT2D eigenvalue weighted by molar-refractivity contribution is -0.116. The van der Waals surface area contributed by atoms with E-state index in [0.717, 1.165) is 23.2 Å². The standard InChI is InChI=1S/C14H15N3O2/c18-13(8-17-6-5-15-9-17)11-1-3-12-10(7-11)2-4-14(19)16-12/h1,3,5-7,9,13,18H,2,4,8H2,(H,16,19). The largest absolute Gasteiger partial charge is 0.387 e. The van der Waals surface area contributed by atoms with Gasteiger partial charge >= 0.3 is 0 Å². The summed E-state index contributed by atoms with van der Waals surface area (Å²) in [6, 6.07) is 5.68. The first-order valence-electron chi connectivity index (χ1n) is 6.29. The van der Waals surface area contributed by atoms with E-state index in [-0.39, 0.29) is 5.91 Å². The lowest BCUT2D eigenvalue weighted by Gasteiger charge is -2.19. The molecule has 0 spiro atoms. The van der Waals surface area contributed by atoms with Crippen molar-refractivity contribution >= 4 is 11.6 Å². The van der Waals surface area contributed by atoms with E-state index in [9.17, 15) is 9.90 Å². The van der Waals surface area contributed by atoms with Crippen LogP contribution < -0.4 is 5.32 Å². The number of carbonyl (C=O) groups excluding carboxylic acids is 1. The Morgan fingerprint density at radius 3 is 3.11 bits per heavy atom. The minimum absolute atomic E-state index is 0.0548. The van der Waals surface area contributed by atoms with Gasteiger partial charge in [0.1, 0.15) is 0 Å². The molecule has 1 atom stereocenters. The van der Waals surface area contributed by atoms with Crippen molar-refractivity contribution in [3.05, 3.63) is 48.0 Å². The first-order valence-corrected chi connectivity index (χ1v) is 6.29. The summed E-state index contributed by atoms with van der Waals surface area (Å²) in [6.07, 6.45) is 5.86. The predicted octanol–water partition coefficient (Wildman–Crippen LogP) is 1.50. The van der Waals surface area contributed by atoms with Gasteiger partial charge in [0.25, 0.3) is 0 Å². The minimum atomic E-state index is -0.572. The third-order valence-electron chi connectivity index (χ3n) is 3.35. The summed E-state index contributed by atoms with van der Waals surface area (Å²) in [4.78, 5) is 15.2. The summed E-state index contributed by atoms with van der Waals surface area (Å²) in [5.74, 6) is 0.0548. The van der Waals surface area contributed by atoms with Crippen molar-refractivity contribution in [3.63, 3.8) is 0 Å². The Hall–Kier alpha value is -2.14. The SMILES string of the molecule is O=C1CCc2cc(C(O)Cn3ccnc3)ccc2N1. The second-order valence-corrected chi connectivity index (χ2v) is 4.74. The molecule has 0 saturated carbocycles. The van der Waals surface area contributed by atoms with Crippen LogP contribution in [0, 0.1) is 0 Å². The zero-order chi connectivity index (χ0) is 13.2. The van der Waals surface area contributed by atoms with Crippen LogP contribution in [0.4, 0.5) is 5.69 Å². The van der Waals surface area contributed by atoms with Gasteiger partial charge in [-0.1, -0.05) is 12.1 Å². The van der Waals surface area contributed by atoms with E-state index in [4.69, 9.17) is 0 Å². The highest BCUT2D eigenvalue weighted by Gasteiger charge is 2.17.